The molecule has 0 saturated carbocycles. The summed E-state index contributed by atoms with van der Waals surface area (Å²) in [6.45, 7) is 1.83. The summed E-state index contributed by atoms with van der Waals surface area (Å²) in [5, 5.41) is 11.9. The van der Waals surface area contributed by atoms with Crippen LogP contribution in [-0.2, 0) is 11.2 Å². The highest BCUT2D eigenvalue weighted by Gasteiger charge is 2.24. The summed E-state index contributed by atoms with van der Waals surface area (Å²) >= 11 is 0. The van der Waals surface area contributed by atoms with Gasteiger partial charge in [-0.3, -0.25) is 9.79 Å². The Morgan fingerprint density at radius 2 is 1.96 bits per heavy atom. The van der Waals surface area contributed by atoms with E-state index >= 15 is 0 Å². The van der Waals surface area contributed by atoms with E-state index in [1.165, 1.54) is 12.1 Å². The molecule has 23 heavy (non-hydrogen) atoms. The van der Waals surface area contributed by atoms with Crippen molar-refractivity contribution in [1.29, 1.82) is 0 Å². The maximum Gasteiger partial charge on any atom is 0.335 e. The van der Waals surface area contributed by atoms with Crippen molar-refractivity contribution >= 4 is 23.3 Å². The number of carboxylic acids is 1. The van der Waals surface area contributed by atoms with E-state index in [4.69, 9.17) is 5.11 Å². The SMILES string of the molecule is CC1=N[C@H](Cc2ccccc2)C(=O)Nc2cc(C(=O)O)ccc21. The van der Waals surface area contributed by atoms with Gasteiger partial charge >= 0.3 is 5.97 Å². The molecule has 1 heterocycles. The lowest BCUT2D eigenvalue weighted by molar-refractivity contribution is -0.117. The maximum absolute atomic E-state index is 12.4. The largest absolute Gasteiger partial charge is 0.478 e. The second-order valence-corrected chi connectivity index (χ2v) is 5.47. The van der Waals surface area contributed by atoms with Crippen molar-refractivity contribution in [2.45, 2.75) is 19.4 Å². The van der Waals surface area contributed by atoms with Gasteiger partial charge < -0.3 is 10.4 Å². The van der Waals surface area contributed by atoms with Gasteiger partial charge in [0, 0.05) is 17.7 Å². The molecule has 1 amide bonds. The summed E-state index contributed by atoms with van der Waals surface area (Å²) in [7, 11) is 0. The Morgan fingerprint density at radius 1 is 1.22 bits per heavy atom. The predicted octanol–water partition coefficient (Wildman–Crippen LogP) is 2.76. The monoisotopic (exact) mass is 308 g/mol. The smallest absolute Gasteiger partial charge is 0.335 e. The third kappa shape index (κ3) is 3.13. The van der Waals surface area contributed by atoms with E-state index in [0.717, 1.165) is 16.8 Å². The molecular formula is C18H16N2O3. The van der Waals surface area contributed by atoms with Gasteiger partial charge in [0.25, 0.3) is 0 Å². The van der Waals surface area contributed by atoms with Gasteiger partial charge in [0.05, 0.1) is 11.3 Å². The molecule has 116 valence electrons. The molecule has 0 aromatic heterocycles. The molecule has 3 rings (SSSR count). The number of nitrogens with one attached hydrogen (secondary N) is 1. The van der Waals surface area contributed by atoms with Crippen LogP contribution in [0.15, 0.2) is 53.5 Å². The summed E-state index contributed by atoms with van der Waals surface area (Å²) in [5.74, 6) is -1.25. The number of fused-ring (bicyclic) bond motifs is 1. The topological polar surface area (TPSA) is 78.8 Å². The van der Waals surface area contributed by atoms with Gasteiger partial charge in [-0.25, -0.2) is 4.79 Å². The molecular weight excluding hydrogens is 292 g/mol. The Morgan fingerprint density at radius 3 is 2.65 bits per heavy atom. The first-order valence-corrected chi connectivity index (χ1v) is 7.31. The Balaban J connectivity index is 1.93. The molecule has 0 aliphatic carbocycles. The van der Waals surface area contributed by atoms with Gasteiger partial charge in [0.1, 0.15) is 6.04 Å². The van der Waals surface area contributed by atoms with Crippen molar-refractivity contribution in [2.75, 3.05) is 5.32 Å². The minimum Gasteiger partial charge on any atom is -0.478 e. The highest BCUT2D eigenvalue weighted by Crippen LogP contribution is 2.23. The van der Waals surface area contributed by atoms with E-state index < -0.39 is 12.0 Å². The summed E-state index contributed by atoms with van der Waals surface area (Å²) in [6.07, 6.45) is 0.504. The van der Waals surface area contributed by atoms with Crippen LogP contribution in [0.3, 0.4) is 0 Å². The average molecular weight is 308 g/mol. The van der Waals surface area contributed by atoms with Crippen LogP contribution >= 0.6 is 0 Å². The second kappa shape index (κ2) is 6.04. The standard InChI is InChI=1S/C18H16N2O3/c1-11-14-8-7-13(18(22)23)10-15(14)20-17(21)16(19-11)9-12-5-3-2-4-6-12/h2-8,10,16H,9H2,1H3,(H,20,21)(H,22,23)/t16-/m1/s1. The average Bonchev–Trinajstić information content (AvgIpc) is 2.65. The fourth-order valence-corrected chi connectivity index (χ4v) is 2.65. The summed E-state index contributed by atoms with van der Waals surface area (Å²) in [6, 6.07) is 13.8. The molecule has 0 fully saturated rings. The molecule has 2 aromatic rings. The Labute approximate surface area is 133 Å². The Hall–Kier alpha value is -2.95. The van der Waals surface area contributed by atoms with Crippen molar-refractivity contribution < 1.29 is 14.7 Å². The number of carbonyl (C=O) groups excluding carboxylic acids is 1. The molecule has 1 aliphatic rings. The molecule has 2 aromatic carbocycles. The number of anilines is 1. The number of carbonyl (C=O) groups is 2. The third-order valence-electron chi connectivity index (χ3n) is 3.84. The molecule has 0 radical (unpaired) electrons. The van der Waals surface area contributed by atoms with E-state index in [1.54, 1.807) is 6.07 Å². The number of hydrogen-bond acceptors (Lipinski definition) is 3. The number of benzene rings is 2. The molecule has 0 bridgehead atoms. The van der Waals surface area contributed by atoms with Gasteiger partial charge in [-0.1, -0.05) is 36.4 Å². The van der Waals surface area contributed by atoms with E-state index in [9.17, 15) is 9.59 Å². The maximum atomic E-state index is 12.4. The first-order valence-electron chi connectivity index (χ1n) is 7.31. The minimum atomic E-state index is -1.03. The van der Waals surface area contributed by atoms with Crippen LogP contribution in [0.2, 0.25) is 0 Å². The summed E-state index contributed by atoms with van der Waals surface area (Å²) < 4.78 is 0. The third-order valence-corrected chi connectivity index (χ3v) is 3.84. The second-order valence-electron chi connectivity index (χ2n) is 5.47. The number of rotatable bonds is 3. The number of amides is 1. The lowest BCUT2D eigenvalue weighted by atomic mass is 10.1. The number of carboxylic acid groups (broad SMARTS) is 1. The molecule has 0 spiro atoms. The number of aliphatic imine (C=N–C) groups is 1. The fraction of sp³-hybridized carbons (Fsp3) is 0.167. The molecule has 5 nitrogen and oxygen atoms in total. The fourth-order valence-electron chi connectivity index (χ4n) is 2.65. The van der Waals surface area contributed by atoms with E-state index in [0.29, 0.717) is 12.1 Å². The van der Waals surface area contributed by atoms with Crippen LogP contribution in [0.4, 0.5) is 5.69 Å². The van der Waals surface area contributed by atoms with E-state index in [2.05, 4.69) is 10.3 Å². The summed E-state index contributed by atoms with van der Waals surface area (Å²) in [5.41, 5.74) is 3.13. The summed E-state index contributed by atoms with van der Waals surface area (Å²) in [4.78, 5) is 28.1. The van der Waals surface area contributed by atoms with Gasteiger partial charge in [-0.05, 0) is 24.6 Å². The van der Waals surface area contributed by atoms with Crippen molar-refractivity contribution in [3.8, 4) is 0 Å². The van der Waals surface area contributed by atoms with Gasteiger partial charge in [0.15, 0.2) is 0 Å². The lowest BCUT2D eigenvalue weighted by Crippen LogP contribution is -2.27. The Bertz CT molecular complexity index is 797. The number of benzodiazepines with no additional fused rings is 1. The normalized spacial score (nSPS) is 16.8. The van der Waals surface area contributed by atoms with Crippen LogP contribution in [0.1, 0.15) is 28.4 Å². The van der Waals surface area contributed by atoms with Crippen LogP contribution < -0.4 is 5.32 Å². The van der Waals surface area contributed by atoms with Gasteiger partial charge in [-0.2, -0.15) is 0 Å². The van der Waals surface area contributed by atoms with Gasteiger partial charge in [-0.15, -0.1) is 0 Å². The molecule has 0 unspecified atom stereocenters. The highest BCUT2D eigenvalue weighted by molar-refractivity contribution is 6.11. The highest BCUT2D eigenvalue weighted by atomic mass is 16.4. The number of hydrogen-bond donors (Lipinski definition) is 2. The Kier molecular flexibility index (Phi) is 3.93. The first-order chi connectivity index (χ1) is 11.0. The zero-order chi connectivity index (χ0) is 16.4. The number of nitrogens with zero attached hydrogens (tertiary/aromatic N) is 1. The molecule has 5 heteroatoms. The van der Waals surface area contributed by atoms with Crippen molar-refractivity contribution in [2.24, 2.45) is 4.99 Å². The van der Waals surface area contributed by atoms with Crippen LogP contribution in [-0.4, -0.2) is 28.7 Å². The zero-order valence-corrected chi connectivity index (χ0v) is 12.6. The van der Waals surface area contributed by atoms with Crippen molar-refractivity contribution in [1.82, 2.24) is 0 Å². The molecule has 0 saturated heterocycles. The van der Waals surface area contributed by atoms with Crippen molar-refractivity contribution in [3.63, 3.8) is 0 Å². The quantitative estimate of drug-likeness (QED) is 0.915. The molecule has 1 atom stereocenters. The number of aromatic carboxylic acids is 1. The molecule has 1 aliphatic heterocycles. The minimum absolute atomic E-state index is 0.137. The van der Waals surface area contributed by atoms with E-state index in [-0.39, 0.29) is 11.5 Å². The molecule has 2 N–H and O–H groups in total. The van der Waals surface area contributed by atoms with Crippen molar-refractivity contribution in [3.05, 3.63) is 65.2 Å². The van der Waals surface area contributed by atoms with Crippen LogP contribution in [0.5, 0.6) is 0 Å². The van der Waals surface area contributed by atoms with E-state index in [1.807, 2.05) is 37.3 Å². The lowest BCUT2D eigenvalue weighted by Gasteiger charge is -2.11. The first kappa shape index (κ1) is 15.0. The predicted molar refractivity (Wildman–Crippen MR) is 88.2 cm³/mol. The van der Waals surface area contributed by atoms with Crippen LogP contribution in [0, 0.1) is 0 Å². The van der Waals surface area contributed by atoms with Gasteiger partial charge in [0.2, 0.25) is 5.91 Å². The van der Waals surface area contributed by atoms with Crippen LogP contribution in [0.25, 0.3) is 0 Å². The zero-order valence-electron chi connectivity index (χ0n) is 12.6.